The van der Waals surface area contributed by atoms with Crippen LogP contribution in [0.3, 0.4) is 0 Å². The molecule has 0 amide bonds. The smallest absolute Gasteiger partial charge is 0.124 e. The summed E-state index contributed by atoms with van der Waals surface area (Å²) >= 11 is 0. The molecule has 3 nitrogen and oxygen atoms in total. The van der Waals surface area contributed by atoms with Gasteiger partial charge in [-0.3, -0.25) is 0 Å². The van der Waals surface area contributed by atoms with Gasteiger partial charge in [0.05, 0.1) is 18.8 Å². The van der Waals surface area contributed by atoms with Crippen molar-refractivity contribution in [2.24, 2.45) is 5.73 Å². The van der Waals surface area contributed by atoms with E-state index < -0.39 is 6.10 Å². The summed E-state index contributed by atoms with van der Waals surface area (Å²) in [6, 6.07) is 7.27. The van der Waals surface area contributed by atoms with Crippen molar-refractivity contribution >= 4 is 0 Å². The molecule has 0 radical (unpaired) electrons. The molecular weight excluding hydrogens is 166 g/mol. The maximum absolute atomic E-state index is 9.60. The van der Waals surface area contributed by atoms with Crippen LogP contribution >= 0.6 is 0 Å². The zero-order chi connectivity index (χ0) is 9.26. The van der Waals surface area contributed by atoms with E-state index in [-0.39, 0.29) is 6.04 Å². The van der Waals surface area contributed by atoms with Gasteiger partial charge < -0.3 is 15.6 Å². The maximum atomic E-state index is 9.60. The van der Waals surface area contributed by atoms with Gasteiger partial charge in [0.1, 0.15) is 5.75 Å². The fourth-order valence-corrected chi connectivity index (χ4v) is 1.56. The van der Waals surface area contributed by atoms with Crippen LogP contribution in [0, 0.1) is 0 Å². The van der Waals surface area contributed by atoms with Gasteiger partial charge in [0, 0.05) is 12.0 Å². The largest absolute Gasteiger partial charge is 0.493 e. The molecule has 3 N–H and O–H groups in total. The van der Waals surface area contributed by atoms with E-state index in [9.17, 15) is 5.11 Å². The van der Waals surface area contributed by atoms with Crippen LogP contribution in [0.25, 0.3) is 0 Å². The van der Waals surface area contributed by atoms with Crippen LogP contribution in [0.2, 0.25) is 0 Å². The molecule has 0 spiro atoms. The highest BCUT2D eigenvalue weighted by Crippen LogP contribution is 2.29. The molecule has 0 saturated heterocycles. The van der Waals surface area contributed by atoms with E-state index >= 15 is 0 Å². The number of aliphatic hydroxyl groups is 1. The first kappa shape index (κ1) is 8.53. The van der Waals surface area contributed by atoms with Gasteiger partial charge in [-0.1, -0.05) is 18.2 Å². The summed E-state index contributed by atoms with van der Waals surface area (Å²) < 4.78 is 5.45. The van der Waals surface area contributed by atoms with Crippen molar-refractivity contribution in [3.63, 3.8) is 0 Å². The zero-order valence-corrected chi connectivity index (χ0v) is 7.31. The van der Waals surface area contributed by atoms with Crippen LogP contribution in [-0.2, 0) is 0 Å². The molecule has 1 aromatic rings. The number of hydrogen-bond donors (Lipinski definition) is 2. The highest BCUT2D eigenvalue weighted by molar-refractivity contribution is 5.37. The van der Waals surface area contributed by atoms with Crippen LogP contribution in [0.1, 0.15) is 18.0 Å². The van der Waals surface area contributed by atoms with Crippen molar-refractivity contribution < 1.29 is 9.84 Å². The predicted octanol–water partition coefficient (Wildman–Crippen LogP) is 0.830. The Bertz CT molecular complexity index is 301. The minimum atomic E-state index is -0.497. The number of aliphatic hydroxyl groups excluding tert-OH is 1. The summed E-state index contributed by atoms with van der Waals surface area (Å²) in [6.07, 6.45) is 0.0965. The number of fused-ring (bicyclic) bond motifs is 1. The standard InChI is InChI=1S/C10H13NO2/c11-10-7-3-1-2-4-9(7)13-6-5-8(10)12/h1-4,8,10,12H,5-6,11H2/t8-,10-/m0/s1. The van der Waals surface area contributed by atoms with Crippen LogP contribution in [0.4, 0.5) is 0 Å². The molecule has 0 unspecified atom stereocenters. The normalized spacial score (nSPS) is 27.2. The van der Waals surface area contributed by atoms with E-state index in [1.165, 1.54) is 0 Å². The molecule has 0 aliphatic carbocycles. The monoisotopic (exact) mass is 179 g/mol. The minimum Gasteiger partial charge on any atom is -0.493 e. The number of rotatable bonds is 0. The fraction of sp³-hybridized carbons (Fsp3) is 0.400. The van der Waals surface area contributed by atoms with Crippen LogP contribution < -0.4 is 10.5 Å². The molecule has 0 saturated carbocycles. The highest BCUT2D eigenvalue weighted by atomic mass is 16.5. The molecule has 1 aliphatic rings. The Kier molecular flexibility index (Phi) is 2.20. The molecule has 1 heterocycles. The Morgan fingerprint density at radius 3 is 3.00 bits per heavy atom. The SMILES string of the molecule is N[C@H]1c2ccccc2OCC[C@@H]1O. The lowest BCUT2D eigenvalue weighted by molar-refractivity contribution is 0.126. The lowest BCUT2D eigenvalue weighted by atomic mass is 10.0. The van der Waals surface area contributed by atoms with E-state index in [0.717, 1.165) is 11.3 Å². The Morgan fingerprint density at radius 1 is 1.38 bits per heavy atom. The third-order valence-corrected chi connectivity index (χ3v) is 2.36. The zero-order valence-electron chi connectivity index (χ0n) is 7.31. The third kappa shape index (κ3) is 1.53. The molecule has 70 valence electrons. The van der Waals surface area contributed by atoms with Crippen molar-refractivity contribution in [3.05, 3.63) is 29.8 Å². The van der Waals surface area contributed by atoms with Crippen molar-refractivity contribution in [1.29, 1.82) is 0 Å². The lowest BCUT2D eigenvalue weighted by Crippen LogP contribution is -2.25. The van der Waals surface area contributed by atoms with Gasteiger partial charge in [0.2, 0.25) is 0 Å². The van der Waals surface area contributed by atoms with Gasteiger partial charge in [-0.2, -0.15) is 0 Å². The average molecular weight is 179 g/mol. The van der Waals surface area contributed by atoms with Crippen molar-refractivity contribution in [2.75, 3.05) is 6.61 Å². The van der Waals surface area contributed by atoms with Gasteiger partial charge in [-0.25, -0.2) is 0 Å². The van der Waals surface area contributed by atoms with Crippen LogP contribution in [0.5, 0.6) is 5.75 Å². The first-order chi connectivity index (χ1) is 6.29. The second kappa shape index (κ2) is 3.36. The summed E-state index contributed by atoms with van der Waals surface area (Å²) in [6.45, 7) is 0.534. The van der Waals surface area contributed by atoms with E-state index in [1.54, 1.807) is 0 Å². The molecule has 13 heavy (non-hydrogen) atoms. The fourth-order valence-electron chi connectivity index (χ4n) is 1.56. The summed E-state index contributed by atoms with van der Waals surface area (Å²) in [7, 11) is 0. The Labute approximate surface area is 77.1 Å². The van der Waals surface area contributed by atoms with Crippen molar-refractivity contribution in [1.82, 2.24) is 0 Å². The predicted molar refractivity (Wildman–Crippen MR) is 49.5 cm³/mol. The quantitative estimate of drug-likeness (QED) is 0.620. The lowest BCUT2D eigenvalue weighted by Gasteiger charge is -2.15. The van der Waals surface area contributed by atoms with E-state index in [4.69, 9.17) is 10.5 Å². The van der Waals surface area contributed by atoms with Gasteiger partial charge in [0.25, 0.3) is 0 Å². The first-order valence-electron chi connectivity index (χ1n) is 4.44. The Balaban J connectivity index is 2.40. The van der Waals surface area contributed by atoms with Gasteiger partial charge in [-0.05, 0) is 6.07 Å². The first-order valence-corrected chi connectivity index (χ1v) is 4.44. The summed E-state index contributed by atoms with van der Waals surface area (Å²) in [5.41, 5.74) is 6.76. The molecule has 1 aromatic carbocycles. The molecular formula is C10H13NO2. The Hall–Kier alpha value is -1.06. The molecule has 1 aliphatic heterocycles. The second-order valence-electron chi connectivity index (χ2n) is 3.27. The van der Waals surface area contributed by atoms with E-state index in [0.29, 0.717) is 13.0 Å². The topological polar surface area (TPSA) is 55.5 Å². The van der Waals surface area contributed by atoms with Gasteiger partial charge in [0.15, 0.2) is 0 Å². The number of nitrogens with two attached hydrogens (primary N) is 1. The number of ether oxygens (including phenoxy) is 1. The minimum absolute atomic E-state index is 0.321. The van der Waals surface area contributed by atoms with Crippen molar-refractivity contribution in [3.8, 4) is 5.75 Å². The van der Waals surface area contributed by atoms with E-state index in [1.807, 2.05) is 24.3 Å². The molecule has 2 atom stereocenters. The third-order valence-electron chi connectivity index (χ3n) is 2.36. The number of benzene rings is 1. The molecule has 0 fully saturated rings. The molecule has 0 aromatic heterocycles. The van der Waals surface area contributed by atoms with E-state index in [2.05, 4.69) is 0 Å². The van der Waals surface area contributed by atoms with Crippen molar-refractivity contribution in [2.45, 2.75) is 18.6 Å². The number of hydrogen-bond acceptors (Lipinski definition) is 3. The second-order valence-corrected chi connectivity index (χ2v) is 3.27. The summed E-state index contributed by atoms with van der Waals surface area (Å²) in [4.78, 5) is 0. The summed E-state index contributed by atoms with van der Waals surface area (Å²) in [5.74, 6) is 0.798. The molecule has 3 heteroatoms. The molecule has 2 rings (SSSR count). The number of para-hydroxylation sites is 1. The summed E-state index contributed by atoms with van der Waals surface area (Å²) in [5, 5.41) is 9.60. The van der Waals surface area contributed by atoms with Crippen LogP contribution in [0.15, 0.2) is 24.3 Å². The Morgan fingerprint density at radius 2 is 2.15 bits per heavy atom. The molecule has 0 bridgehead atoms. The van der Waals surface area contributed by atoms with Gasteiger partial charge in [-0.15, -0.1) is 0 Å². The average Bonchev–Trinajstić information content (AvgIpc) is 2.29. The maximum Gasteiger partial charge on any atom is 0.124 e. The van der Waals surface area contributed by atoms with Crippen LogP contribution in [-0.4, -0.2) is 17.8 Å². The van der Waals surface area contributed by atoms with Gasteiger partial charge >= 0.3 is 0 Å². The highest BCUT2D eigenvalue weighted by Gasteiger charge is 2.23.